The summed E-state index contributed by atoms with van der Waals surface area (Å²) >= 11 is 0. The van der Waals surface area contributed by atoms with Gasteiger partial charge in [0.05, 0.1) is 5.56 Å². The van der Waals surface area contributed by atoms with Crippen LogP contribution >= 0.6 is 0 Å². The van der Waals surface area contributed by atoms with Gasteiger partial charge in [0.15, 0.2) is 5.84 Å². The Morgan fingerprint density at radius 3 is 2.63 bits per heavy atom. The molecule has 4 nitrogen and oxygen atoms in total. The molecule has 2 aromatic carbocycles. The second-order valence-electron chi connectivity index (χ2n) is 3.99. The highest BCUT2D eigenvalue weighted by Crippen LogP contribution is 2.28. The number of hydrogen-bond donors (Lipinski definition) is 2. The molecule has 0 spiro atoms. The maximum Gasteiger partial charge on any atom is 0.173 e. The first-order valence-corrected chi connectivity index (χ1v) is 5.62. The lowest BCUT2D eigenvalue weighted by Crippen LogP contribution is -2.14. The zero-order valence-corrected chi connectivity index (χ0v) is 10.3. The number of para-hydroxylation sites is 1. The molecule has 0 unspecified atom stereocenters. The van der Waals surface area contributed by atoms with E-state index >= 15 is 0 Å². The van der Waals surface area contributed by atoms with Gasteiger partial charge in [-0.1, -0.05) is 17.3 Å². The number of halogens is 1. The summed E-state index contributed by atoms with van der Waals surface area (Å²) in [5.74, 6) is 0.581. The van der Waals surface area contributed by atoms with Crippen molar-refractivity contribution in [2.45, 2.75) is 6.92 Å². The van der Waals surface area contributed by atoms with Crippen LogP contribution in [-0.4, -0.2) is 11.0 Å². The van der Waals surface area contributed by atoms with E-state index in [1.807, 2.05) is 0 Å². The Hall–Kier alpha value is -2.56. The van der Waals surface area contributed by atoms with Gasteiger partial charge in [0.1, 0.15) is 17.3 Å². The van der Waals surface area contributed by atoms with E-state index in [2.05, 4.69) is 5.16 Å². The average Bonchev–Trinajstić information content (AvgIpc) is 2.41. The maximum atomic E-state index is 13.0. The van der Waals surface area contributed by atoms with Gasteiger partial charge in [0.25, 0.3) is 0 Å². The SMILES string of the molecule is Cc1cc(F)ccc1Oc1ccccc1/C(N)=N/O. The molecule has 0 saturated heterocycles. The number of benzene rings is 2. The summed E-state index contributed by atoms with van der Waals surface area (Å²) in [7, 11) is 0. The molecule has 0 aliphatic carbocycles. The lowest BCUT2D eigenvalue weighted by atomic mass is 10.1. The standard InChI is InChI=1S/C14H13FN2O2/c1-9-8-10(15)6-7-12(9)19-13-5-3-2-4-11(13)14(16)17-18/h2-8,18H,1H3,(H2,16,17). The first-order chi connectivity index (χ1) is 9.11. The van der Waals surface area contributed by atoms with Crippen molar-refractivity contribution in [3.05, 3.63) is 59.4 Å². The Bertz CT molecular complexity index is 627. The van der Waals surface area contributed by atoms with Crippen molar-refractivity contribution in [3.8, 4) is 11.5 Å². The Morgan fingerprint density at radius 1 is 1.21 bits per heavy atom. The molecule has 0 fully saturated rings. The molecule has 98 valence electrons. The number of hydrogen-bond acceptors (Lipinski definition) is 3. The van der Waals surface area contributed by atoms with Crippen LogP contribution in [0.3, 0.4) is 0 Å². The van der Waals surface area contributed by atoms with Crippen LogP contribution in [0.25, 0.3) is 0 Å². The third-order valence-electron chi connectivity index (χ3n) is 2.63. The van der Waals surface area contributed by atoms with Crippen LogP contribution in [0.1, 0.15) is 11.1 Å². The number of oxime groups is 1. The molecule has 3 N–H and O–H groups in total. The molecule has 19 heavy (non-hydrogen) atoms. The molecular formula is C14H13FN2O2. The quantitative estimate of drug-likeness (QED) is 0.386. The number of ether oxygens (including phenoxy) is 1. The van der Waals surface area contributed by atoms with Crippen LogP contribution in [0, 0.1) is 12.7 Å². The van der Waals surface area contributed by atoms with E-state index in [9.17, 15) is 4.39 Å². The molecular weight excluding hydrogens is 247 g/mol. The van der Waals surface area contributed by atoms with Gasteiger partial charge in [-0.2, -0.15) is 0 Å². The molecule has 0 aromatic heterocycles. The highest BCUT2D eigenvalue weighted by atomic mass is 19.1. The van der Waals surface area contributed by atoms with Gasteiger partial charge in [0, 0.05) is 0 Å². The molecule has 0 amide bonds. The fourth-order valence-corrected chi connectivity index (χ4v) is 1.67. The highest BCUT2D eigenvalue weighted by molar-refractivity contribution is 5.99. The summed E-state index contributed by atoms with van der Waals surface area (Å²) in [6, 6.07) is 11.1. The zero-order valence-electron chi connectivity index (χ0n) is 10.3. The van der Waals surface area contributed by atoms with Crippen LogP contribution in [0.15, 0.2) is 47.6 Å². The molecule has 0 atom stereocenters. The number of nitrogens with zero attached hydrogens (tertiary/aromatic N) is 1. The van der Waals surface area contributed by atoms with E-state index in [0.717, 1.165) is 0 Å². The van der Waals surface area contributed by atoms with Crippen molar-refractivity contribution in [1.82, 2.24) is 0 Å². The third-order valence-corrected chi connectivity index (χ3v) is 2.63. The molecule has 2 aromatic rings. The fraction of sp³-hybridized carbons (Fsp3) is 0.0714. The first kappa shape index (κ1) is 12.9. The van der Waals surface area contributed by atoms with Crippen LogP contribution < -0.4 is 10.5 Å². The summed E-state index contributed by atoms with van der Waals surface area (Å²) in [6.45, 7) is 1.74. The van der Waals surface area contributed by atoms with Crippen molar-refractivity contribution in [2.75, 3.05) is 0 Å². The van der Waals surface area contributed by atoms with Crippen molar-refractivity contribution < 1.29 is 14.3 Å². The summed E-state index contributed by atoms with van der Waals surface area (Å²) in [5.41, 5.74) is 6.70. The van der Waals surface area contributed by atoms with E-state index in [1.54, 1.807) is 31.2 Å². The smallest absolute Gasteiger partial charge is 0.173 e. The zero-order chi connectivity index (χ0) is 13.8. The Labute approximate surface area is 109 Å². The molecule has 0 aliphatic heterocycles. The van der Waals surface area contributed by atoms with E-state index in [1.165, 1.54) is 18.2 Å². The summed E-state index contributed by atoms with van der Waals surface area (Å²) < 4.78 is 18.7. The number of amidine groups is 1. The molecule has 2 rings (SSSR count). The third kappa shape index (κ3) is 2.82. The molecule has 0 saturated carbocycles. The van der Waals surface area contributed by atoms with Crippen LogP contribution in [-0.2, 0) is 0 Å². The van der Waals surface area contributed by atoms with Gasteiger partial charge in [-0.3, -0.25) is 0 Å². The van der Waals surface area contributed by atoms with Crippen LogP contribution in [0.2, 0.25) is 0 Å². The van der Waals surface area contributed by atoms with Gasteiger partial charge in [-0.15, -0.1) is 0 Å². The Kier molecular flexibility index (Phi) is 3.66. The predicted octanol–water partition coefficient (Wildman–Crippen LogP) is 3.02. The van der Waals surface area contributed by atoms with Gasteiger partial charge in [-0.05, 0) is 42.8 Å². The van der Waals surface area contributed by atoms with E-state index in [4.69, 9.17) is 15.7 Å². The van der Waals surface area contributed by atoms with Gasteiger partial charge in [0.2, 0.25) is 0 Å². The van der Waals surface area contributed by atoms with Crippen LogP contribution in [0.4, 0.5) is 4.39 Å². The molecule has 0 heterocycles. The minimum Gasteiger partial charge on any atom is -0.456 e. The second kappa shape index (κ2) is 5.39. The molecule has 5 heteroatoms. The lowest BCUT2D eigenvalue weighted by Gasteiger charge is -2.12. The summed E-state index contributed by atoms with van der Waals surface area (Å²) in [4.78, 5) is 0. The number of rotatable bonds is 3. The van der Waals surface area contributed by atoms with E-state index < -0.39 is 0 Å². The Balaban J connectivity index is 2.38. The van der Waals surface area contributed by atoms with Gasteiger partial charge in [-0.25, -0.2) is 4.39 Å². The predicted molar refractivity (Wildman–Crippen MR) is 70.2 cm³/mol. The average molecular weight is 260 g/mol. The van der Waals surface area contributed by atoms with Gasteiger partial charge >= 0.3 is 0 Å². The van der Waals surface area contributed by atoms with Crippen LogP contribution in [0.5, 0.6) is 11.5 Å². The van der Waals surface area contributed by atoms with Crippen molar-refractivity contribution in [1.29, 1.82) is 0 Å². The van der Waals surface area contributed by atoms with Crippen molar-refractivity contribution in [2.24, 2.45) is 10.9 Å². The van der Waals surface area contributed by atoms with Gasteiger partial charge < -0.3 is 15.7 Å². The van der Waals surface area contributed by atoms with E-state index in [0.29, 0.717) is 22.6 Å². The second-order valence-corrected chi connectivity index (χ2v) is 3.99. The molecule has 0 aliphatic rings. The lowest BCUT2D eigenvalue weighted by molar-refractivity contribution is 0.318. The minimum atomic E-state index is -0.324. The van der Waals surface area contributed by atoms with E-state index in [-0.39, 0.29) is 11.7 Å². The molecule has 0 radical (unpaired) electrons. The summed E-state index contributed by atoms with van der Waals surface area (Å²) in [5, 5.41) is 11.7. The maximum absolute atomic E-state index is 13.0. The number of nitrogens with two attached hydrogens (primary N) is 1. The first-order valence-electron chi connectivity index (χ1n) is 5.62. The summed E-state index contributed by atoms with van der Waals surface area (Å²) in [6.07, 6.45) is 0. The number of aryl methyl sites for hydroxylation is 1. The Morgan fingerprint density at radius 2 is 1.95 bits per heavy atom. The highest BCUT2D eigenvalue weighted by Gasteiger charge is 2.10. The normalized spacial score (nSPS) is 11.4. The largest absolute Gasteiger partial charge is 0.456 e. The fourth-order valence-electron chi connectivity index (χ4n) is 1.67. The monoisotopic (exact) mass is 260 g/mol. The molecule has 0 bridgehead atoms. The topological polar surface area (TPSA) is 67.8 Å². The van der Waals surface area contributed by atoms with Crippen molar-refractivity contribution >= 4 is 5.84 Å². The minimum absolute atomic E-state index is 0.0460. The van der Waals surface area contributed by atoms with Crippen molar-refractivity contribution in [3.63, 3.8) is 0 Å².